The van der Waals surface area contributed by atoms with Crippen LogP contribution in [0.1, 0.15) is 26.3 Å². The van der Waals surface area contributed by atoms with Crippen LogP contribution in [0.15, 0.2) is 59.5 Å². The summed E-state index contributed by atoms with van der Waals surface area (Å²) in [6.07, 6.45) is 1.41. The van der Waals surface area contributed by atoms with Crippen molar-refractivity contribution in [3.05, 3.63) is 86.8 Å². The second-order valence-electron chi connectivity index (χ2n) is 6.23. The van der Waals surface area contributed by atoms with Crippen molar-refractivity contribution >= 4 is 29.2 Å². The summed E-state index contributed by atoms with van der Waals surface area (Å²) in [5.41, 5.74) is 1.68. The maximum absolute atomic E-state index is 12.7. The molecule has 0 aliphatic carbocycles. The molecule has 0 spiro atoms. The van der Waals surface area contributed by atoms with Crippen molar-refractivity contribution in [3.8, 4) is 5.69 Å². The molecular weight excluding hydrogens is 408 g/mol. The monoisotopic (exact) mass is 426 g/mol. The van der Waals surface area contributed by atoms with Crippen LogP contribution in [0.2, 0.25) is 5.02 Å². The number of rotatable bonds is 6. The van der Waals surface area contributed by atoms with Gasteiger partial charge in [-0.3, -0.25) is 9.59 Å². The number of ether oxygens (including phenoxy) is 1. The van der Waals surface area contributed by atoms with Gasteiger partial charge in [-0.15, -0.1) is 0 Å². The van der Waals surface area contributed by atoms with Gasteiger partial charge in [0.25, 0.3) is 11.5 Å². The van der Waals surface area contributed by atoms with Gasteiger partial charge in [0.2, 0.25) is 0 Å². The number of hydrogen-bond acceptors (Lipinski definition) is 6. The summed E-state index contributed by atoms with van der Waals surface area (Å²) in [6.45, 7) is 0.373. The number of para-hydroxylation sites is 1. The third kappa shape index (κ3) is 4.33. The average molecular weight is 427 g/mol. The van der Waals surface area contributed by atoms with Crippen molar-refractivity contribution in [3.63, 3.8) is 0 Å². The molecule has 3 rings (SSSR count). The minimum atomic E-state index is -0.585. The molecule has 0 bridgehead atoms. The molecule has 1 aromatic heterocycles. The number of hydrogen-bond donors (Lipinski definition) is 2. The lowest BCUT2D eigenvalue weighted by Crippen LogP contribution is -2.24. The molecule has 0 atom stereocenters. The number of esters is 1. The Bertz CT molecular complexity index is 1140. The van der Waals surface area contributed by atoms with Gasteiger partial charge in [0.1, 0.15) is 5.02 Å². The van der Waals surface area contributed by atoms with Crippen molar-refractivity contribution in [2.75, 3.05) is 19.5 Å². The van der Waals surface area contributed by atoms with Gasteiger partial charge < -0.3 is 15.4 Å². The topological polar surface area (TPSA) is 102 Å². The fourth-order valence-electron chi connectivity index (χ4n) is 2.78. The lowest BCUT2D eigenvalue weighted by molar-refractivity contribution is 0.0600. The van der Waals surface area contributed by atoms with E-state index in [1.54, 1.807) is 49.5 Å². The van der Waals surface area contributed by atoms with Crippen LogP contribution in [0.3, 0.4) is 0 Å². The van der Waals surface area contributed by atoms with E-state index in [1.807, 2.05) is 0 Å². The molecule has 0 aliphatic rings. The predicted molar refractivity (Wildman–Crippen MR) is 113 cm³/mol. The van der Waals surface area contributed by atoms with E-state index < -0.39 is 11.5 Å². The number of aromatic nitrogens is 2. The SMILES string of the molecule is CNC(=O)c1ccc(CNc2cnn(-c3ccccc3C(=O)OC)c(=O)c2Cl)cc1. The maximum Gasteiger partial charge on any atom is 0.340 e. The third-order valence-corrected chi connectivity index (χ3v) is 4.75. The van der Waals surface area contributed by atoms with E-state index in [9.17, 15) is 14.4 Å². The highest BCUT2D eigenvalue weighted by Gasteiger charge is 2.17. The van der Waals surface area contributed by atoms with Crippen LogP contribution in [-0.4, -0.2) is 35.8 Å². The quantitative estimate of drug-likeness (QED) is 0.587. The molecule has 3 aromatic rings. The van der Waals surface area contributed by atoms with Crippen molar-refractivity contribution in [1.29, 1.82) is 0 Å². The van der Waals surface area contributed by atoms with E-state index >= 15 is 0 Å². The number of methoxy groups -OCH3 is 1. The standard InChI is InChI=1S/C21H19ClN4O4/c1-23-19(27)14-9-7-13(8-10-14)11-24-16-12-25-26(20(28)18(16)22)17-6-4-3-5-15(17)21(29)30-2/h3-10,12,24H,11H2,1-2H3,(H,23,27). The largest absolute Gasteiger partial charge is 0.465 e. The Morgan fingerprint density at radius 3 is 2.50 bits per heavy atom. The highest BCUT2D eigenvalue weighted by molar-refractivity contribution is 6.33. The van der Waals surface area contributed by atoms with Gasteiger partial charge in [0, 0.05) is 19.2 Å². The molecule has 8 nitrogen and oxygen atoms in total. The highest BCUT2D eigenvalue weighted by Crippen LogP contribution is 2.19. The number of nitrogens with one attached hydrogen (secondary N) is 2. The molecule has 2 N–H and O–H groups in total. The Morgan fingerprint density at radius 2 is 1.83 bits per heavy atom. The smallest absolute Gasteiger partial charge is 0.340 e. The van der Waals surface area contributed by atoms with Crippen molar-refractivity contribution in [2.24, 2.45) is 0 Å². The number of amides is 1. The van der Waals surface area contributed by atoms with Crippen LogP contribution >= 0.6 is 11.6 Å². The van der Waals surface area contributed by atoms with Crippen LogP contribution < -0.4 is 16.2 Å². The number of nitrogens with zero attached hydrogens (tertiary/aromatic N) is 2. The molecule has 0 radical (unpaired) electrons. The fraction of sp³-hybridized carbons (Fsp3) is 0.143. The van der Waals surface area contributed by atoms with Crippen LogP contribution in [0.25, 0.3) is 5.69 Å². The zero-order chi connectivity index (χ0) is 21.7. The van der Waals surface area contributed by atoms with E-state index in [0.29, 0.717) is 17.8 Å². The third-order valence-electron chi connectivity index (χ3n) is 4.38. The van der Waals surface area contributed by atoms with Crippen LogP contribution in [-0.2, 0) is 11.3 Å². The number of benzene rings is 2. The minimum Gasteiger partial charge on any atom is -0.465 e. The van der Waals surface area contributed by atoms with E-state index in [4.69, 9.17) is 16.3 Å². The van der Waals surface area contributed by atoms with Crippen LogP contribution in [0.4, 0.5) is 5.69 Å². The second-order valence-corrected chi connectivity index (χ2v) is 6.61. The Labute approximate surface area is 177 Å². The molecule has 0 saturated carbocycles. The van der Waals surface area contributed by atoms with Gasteiger partial charge in [-0.1, -0.05) is 35.9 Å². The van der Waals surface area contributed by atoms with Crippen LogP contribution in [0.5, 0.6) is 0 Å². The average Bonchev–Trinajstić information content (AvgIpc) is 2.79. The number of carbonyl (C=O) groups excluding carboxylic acids is 2. The molecule has 0 saturated heterocycles. The maximum atomic E-state index is 12.7. The molecule has 1 heterocycles. The van der Waals surface area contributed by atoms with E-state index in [1.165, 1.54) is 19.4 Å². The van der Waals surface area contributed by atoms with Crippen LogP contribution in [0, 0.1) is 0 Å². The molecule has 0 aliphatic heterocycles. The number of anilines is 1. The molecule has 2 aromatic carbocycles. The Morgan fingerprint density at radius 1 is 1.13 bits per heavy atom. The van der Waals surface area contributed by atoms with Crippen molar-refractivity contribution in [2.45, 2.75) is 6.54 Å². The van der Waals surface area contributed by atoms with Gasteiger partial charge in [-0.2, -0.15) is 9.78 Å². The Balaban J connectivity index is 1.83. The predicted octanol–water partition coefficient (Wildman–Crippen LogP) is 2.64. The summed E-state index contributed by atoms with van der Waals surface area (Å²) >= 11 is 6.26. The lowest BCUT2D eigenvalue weighted by Gasteiger charge is -2.12. The first-order valence-corrected chi connectivity index (χ1v) is 9.34. The fourth-order valence-corrected chi connectivity index (χ4v) is 2.98. The second kappa shape index (κ2) is 9.23. The minimum absolute atomic E-state index is 0.0633. The molecule has 9 heteroatoms. The molecule has 1 amide bonds. The van der Waals surface area contributed by atoms with Crippen molar-refractivity contribution in [1.82, 2.24) is 15.1 Å². The summed E-state index contributed by atoms with van der Waals surface area (Å²) in [4.78, 5) is 36.3. The molecular formula is C21H19ClN4O4. The van der Waals surface area contributed by atoms with Gasteiger partial charge in [-0.25, -0.2) is 4.79 Å². The number of halogens is 1. The zero-order valence-electron chi connectivity index (χ0n) is 16.3. The molecule has 0 fully saturated rings. The summed E-state index contributed by atoms with van der Waals surface area (Å²) < 4.78 is 5.81. The van der Waals surface area contributed by atoms with E-state index in [2.05, 4.69) is 15.7 Å². The Hall–Kier alpha value is -3.65. The van der Waals surface area contributed by atoms with Gasteiger partial charge in [0.05, 0.1) is 30.2 Å². The summed E-state index contributed by atoms with van der Waals surface area (Å²) in [6, 6.07) is 13.5. The zero-order valence-corrected chi connectivity index (χ0v) is 17.1. The summed E-state index contributed by atoms with van der Waals surface area (Å²) in [5.74, 6) is -0.754. The molecule has 0 unspecified atom stereocenters. The normalized spacial score (nSPS) is 10.4. The van der Waals surface area contributed by atoms with Gasteiger partial charge >= 0.3 is 5.97 Å². The van der Waals surface area contributed by atoms with E-state index in [0.717, 1.165) is 10.2 Å². The highest BCUT2D eigenvalue weighted by atomic mass is 35.5. The van der Waals surface area contributed by atoms with E-state index in [-0.39, 0.29) is 22.2 Å². The van der Waals surface area contributed by atoms with Gasteiger partial charge in [-0.05, 0) is 29.8 Å². The first-order valence-electron chi connectivity index (χ1n) is 8.96. The molecule has 30 heavy (non-hydrogen) atoms. The first kappa shape index (κ1) is 21.1. The summed E-state index contributed by atoms with van der Waals surface area (Å²) in [5, 5.41) is 9.70. The Kier molecular flexibility index (Phi) is 6.48. The first-order chi connectivity index (χ1) is 14.5. The molecule has 154 valence electrons. The lowest BCUT2D eigenvalue weighted by atomic mass is 10.1. The summed E-state index contributed by atoms with van der Waals surface area (Å²) in [7, 11) is 2.83. The number of carbonyl (C=O) groups is 2. The van der Waals surface area contributed by atoms with Crippen molar-refractivity contribution < 1.29 is 14.3 Å². The van der Waals surface area contributed by atoms with Gasteiger partial charge in [0.15, 0.2) is 0 Å².